The lowest BCUT2D eigenvalue weighted by Crippen LogP contribution is -2.53. The van der Waals surface area contributed by atoms with E-state index in [1.54, 1.807) is 0 Å². The maximum Gasteiger partial charge on any atom is 0.168 e. The summed E-state index contributed by atoms with van der Waals surface area (Å²) in [5, 5.41) is 0. The highest BCUT2D eigenvalue weighted by molar-refractivity contribution is 5.59. The van der Waals surface area contributed by atoms with E-state index in [2.05, 4.69) is 13.8 Å². The molecule has 1 saturated heterocycles. The third-order valence-electron chi connectivity index (χ3n) is 4.61. The van der Waals surface area contributed by atoms with Gasteiger partial charge in [0.15, 0.2) is 5.79 Å². The van der Waals surface area contributed by atoms with E-state index in [1.807, 2.05) is 13.8 Å². The van der Waals surface area contributed by atoms with Gasteiger partial charge in [0.05, 0.1) is 18.6 Å². The lowest BCUT2D eigenvalue weighted by molar-refractivity contribution is -0.314. The Balaban J connectivity index is 2.02. The zero-order valence-electron chi connectivity index (χ0n) is 12.1. The standard InChI is InChI=1S/C15H26O3/c1-13(2)7-5-6-12(8-13)15(4)17-10-14(3,9-16)11-18-15/h9,12H,5-8,10-11H2,1-4H3. The lowest BCUT2D eigenvalue weighted by Gasteiger charge is -2.48. The van der Waals surface area contributed by atoms with E-state index in [0.717, 1.165) is 19.1 Å². The zero-order chi connectivity index (χ0) is 13.4. The van der Waals surface area contributed by atoms with Crippen molar-refractivity contribution in [1.82, 2.24) is 0 Å². The minimum absolute atomic E-state index is 0.379. The van der Waals surface area contributed by atoms with Crippen LogP contribution >= 0.6 is 0 Å². The summed E-state index contributed by atoms with van der Waals surface area (Å²) in [5.74, 6) is -0.0577. The van der Waals surface area contributed by atoms with Gasteiger partial charge in [-0.3, -0.25) is 0 Å². The molecular formula is C15H26O3. The Bertz CT molecular complexity index is 314. The van der Waals surface area contributed by atoms with Gasteiger partial charge in [-0.15, -0.1) is 0 Å². The molecule has 0 radical (unpaired) electrons. The summed E-state index contributed by atoms with van der Waals surface area (Å²) in [6, 6.07) is 0. The second-order valence-corrected chi connectivity index (χ2v) is 7.32. The highest BCUT2D eigenvalue weighted by atomic mass is 16.7. The van der Waals surface area contributed by atoms with Crippen LogP contribution in [0, 0.1) is 16.7 Å². The van der Waals surface area contributed by atoms with Gasteiger partial charge in [-0.05, 0) is 38.5 Å². The Morgan fingerprint density at radius 2 is 1.72 bits per heavy atom. The molecular weight excluding hydrogens is 228 g/mol. The topological polar surface area (TPSA) is 35.5 Å². The van der Waals surface area contributed by atoms with Crippen LogP contribution in [0.2, 0.25) is 0 Å². The fraction of sp³-hybridized carbons (Fsp3) is 0.933. The number of aldehydes is 1. The van der Waals surface area contributed by atoms with Gasteiger partial charge in [-0.1, -0.05) is 20.3 Å². The van der Waals surface area contributed by atoms with Crippen molar-refractivity contribution in [3.63, 3.8) is 0 Å². The average molecular weight is 254 g/mol. The third-order valence-corrected chi connectivity index (χ3v) is 4.61. The van der Waals surface area contributed by atoms with Crippen LogP contribution in [0.4, 0.5) is 0 Å². The fourth-order valence-electron chi connectivity index (χ4n) is 3.15. The Morgan fingerprint density at radius 1 is 1.11 bits per heavy atom. The Morgan fingerprint density at radius 3 is 2.22 bits per heavy atom. The van der Waals surface area contributed by atoms with Crippen molar-refractivity contribution in [2.45, 2.75) is 59.2 Å². The van der Waals surface area contributed by atoms with Crippen molar-refractivity contribution in [3.8, 4) is 0 Å². The van der Waals surface area contributed by atoms with Crippen LogP contribution in [-0.4, -0.2) is 25.3 Å². The largest absolute Gasteiger partial charge is 0.349 e. The zero-order valence-corrected chi connectivity index (χ0v) is 12.1. The number of carbonyl (C=O) groups is 1. The molecule has 2 fully saturated rings. The molecule has 2 rings (SSSR count). The molecule has 0 spiro atoms. The molecule has 0 aromatic carbocycles. The SMILES string of the molecule is CC1(C)CCCC(C2(C)OCC(C)(C=O)CO2)C1. The fourth-order valence-corrected chi connectivity index (χ4v) is 3.15. The first-order chi connectivity index (χ1) is 8.29. The summed E-state index contributed by atoms with van der Waals surface area (Å²) in [7, 11) is 0. The Labute approximate surface area is 110 Å². The van der Waals surface area contributed by atoms with Crippen LogP contribution in [-0.2, 0) is 14.3 Å². The van der Waals surface area contributed by atoms with Crippen molar-refractivity contribution in [2.24, 2.45) is 16.7 Å². The first-order valence-corrected chi connectivity index (χ1v) is 7.03. The molecule has 0 bridgehead atoms. The average Bonchev–Trinajstić information content (AvgIpc) is 2.32. The van der Waals surface area contributed by atoms with Gasteiger partial charge < -0.3 is 14.3 Å². The molecule has 3 heteroatoms. The molecule has 1 saturated carbocycles. The Kier molecular flexibility index (Phi) is 3.58. The second-order valence-electron chi connectivity index (χ2n) is 7.32. The van der Waals surface area contributed by atoms with Crippen LogP contribution in [0.15, 0.2) is 0 Å². The van der Waals surface area contributed by atoms with Crippen LogP contribution in [0.5, 0.6) is 0 Å². The van der Waals surface area contributed by atoms with E-state index >= 15 is 0 Å². The first kappa shape index (κ1) is 14.0. The minimum Gasteiger partial charge on any atom is -0.349 e. The van der Waals surface area contributed by atoms with Crippen LogP contribution < -0.4 is 0 Å². The van der Waals surface area contributed by atoms with Gasteiger partial charge >= 0.3 is 0 Å². The number of ether oxygens (including phenoxy) is 2. The number of rotatable bonds is 2. The van der Waals surface area contributed by atoms with Crippen molar-refractivity contribution in [3.05, 3.63) is 0 Å². The summed E-state index contributed by atoms with van der Waals surface area (Å²) in [5.41, 5.74) is -0.0895. The number of hydrogen-bond donors (Lipinski definition) is 0. The number of carbonyl (C=O) groups excluding carboxylic acids is 1. The van der Waals surface area contributed by atoms with Gasteiger partial charge in [0.1, 0.15) is 6.29 Å². The molecule has 0 aromatic rings. The first-order valence-electron chi connectivity index (χ1n) is 7.03. The molecule has 0 aromatic heterocycles. The molecule has 1 aliphatic carbocycles. The molecule has 3 nitrogen and oxygen atoms in total. The van der Waals surface area contributed by atoms with Gasteiger partial charge in [0.2, 0.25) is 0 Å². The van der Waals surface area contributed by atoms with Gasteiger partial charge in [-0.2, -0.15) is 0 Å². The predicted octanol–water partition coefficient (Wildman–Crippen LogP) is 3.17. The monoisotopic (exact) mass is 254 g/mol. The summed E-state index contributed by atoms with van der Waals surface area (Å²) in [6.07, 6.45) is 5.78. The molecule has 0 amide bonds. The quantitative estimate of drug-likeness (QED) is 0.710. The van der Waals surface area contributed by atoms with E-state index in [0.29, 0.717) is 24.5 Å². The smallest absolute Gasteiger partial charge is 0.168 e. The molecule has 1 heterocycles. The summed E-state index contributed by atoms with van der Waals surface area (Å²) < 4.78 is 11.9. The summed E-state index contributed by atoms with van der Waals surface area (Å²) in [4.78, 5) is 11.0. The molecule has 2 aliphatic rings. The van der Waals surface area contributed by atoms with E-state index < -0.39 is 11.2 Å². The second kappa shape index (κ2) is 4.61. The maximum atomic E-state index is 11.0. The van der Waals surface area contributed by atoms with Crippen LogP contribution in [0.3, 0.4) is 0 Å². The molecule has 1 aliphatic heterocycles. The Hall–Kier alpha value is -0.410. The molecule has 0 N–H and O–H groups in total. The minimum atomic E-state index is -0.500. The summed E-state index contributed by atoms with van der Waals surface area (Å²) in [6.45, 7) is 9.53. The van der Waals surface area contributed by atoms with Crippen molar-refractivity contribution in [1.29, 1.82) is 0 Å². The van der Waals surface area contributed by atoms with Gasteiger partial charge in [0, 0.05) is 5.92 Å². The lowest BCUT2D eigenvalue weighted by atomic mass is 9.69. The van der Waals surface area contributed by atoms with E-state index in [1.165, 1.54) is 12.8 Å². The predicted molar refractivity (Wildman–Crippen MR) is 70.2 cm³/mol. The maximum absolute atomic E-state index is 11.0. The van der Waals surface area contributed by atoms with Gasteiger partial charge in [-0.25, -0.2) is 0 Å². The normalized spacial score (nSPS) is 44.6. The van der Waals surface area contributed by atoms with Crippen molar-refractivity contribution in [2.75, 3.05) is 13.2 Å². The van der Waals surface area contributed by atoms with E-state index in [4.69, 9.17) is 9.47 Å². The third kappa shape index (κ3) is 2.77. The van der Waals surface area contributed by atoms with E-state index in [9.17, 15) is 4.79 Å². The molecule has 1 atom stereocenters. The molecule has 104 valence electrons. The van der Waals surface area contributed by atoms with Crippen molar-refractivity contribution < 1.29 is 14.3 Å². The van der Waals surface area contributed by atoms with Crippen LogP contribution in [0.1, 0.15) is 53.4 Å². The number of hydrogen-bond acceptors (Lipinski definition) is 3. The van der Waals surface area contributed by atoms with Crippen molar-refractivity contribution >= 4 is 6.29 Å². The van der Waals surface area contributed by atoms with Gasteiger partial charge in [0.25, 0.3) is 0 Å². The summed E-state index contributed by atoms with van der Waals surface area (Å²) >= 11 is 0. The van der Waals surface area contributed by atoms with E-state index in [-0.39, 0.29) is 0 Å². The molecule has 18 heavy (non-hydrogen) atoms. The highest BCUT2D eigenvalue weighted by Gasteiger charge is 2.46. The highest BCUT2D eigenvalue weighted by Crippen LogP contribution is 2.46. The molecule has 1 unspecified atom stereocenters. The van der Waals surface area contributed by atoms with Crippen LogP contribution in [0.25, 0.3) is 0 Å².